The standard InChI is InChI=1S/C19H31F5O4/c1-9-16(6,7)10-17(8,15(3,4)5)14(26)28-12(2)13(25)27-11-18(20,21)19(22,23)24/h12H,9-11H2,1-8H3. The molecule has 0 aliphatic carbocycles. The number of hydrogen-bond donors (Lipinski definition) is 0. The average Bonchev–Trinajstić information content (AvgIpc) is 2.49. The van der Waals surface area contributed by atoms with Gasteiger partial charge in [0.1, 0.15) is 0 Å². The Balaban J connectivity index is 5.25. The van der Waals surface area contributed by atoms with Crippen molar-refractivity contribution in [2.24, 2.45) is 16.2 Å². The topological polar surface area (TPSA) is 52.6 Å². The monoisotopic (exact) mass is 418 g/mol. The van der Waals surface area contributed by atoms with Crippen LogP contribution in [0, 0.1) is 16.2 Å². The number of hydrogen-bond acceptors (Lipinski definition) is 4. The molecule has 4 nitrogen and oxygen atoms in total. The van der Waals surface area contributed by atoms with Crippen molar-refractivity contribution >= 4 is 11.9 Å². The van der Waals surface area contributed by atoms with Crippen molar-refractivity contribution in [3.8, 4) is 0 Å². The van der Waals surface area contributed by atoms with Gasteiger partial charge in [0.2, 0.25) is 0 Å². The number of rotatable bonds is 8. The van der Waals surface area contributed by atoms with E-state index >= 15 is 0 Å². The Hall–Kier alpha value is -1.41. The highest BCUT2D eigenvalue weighted by molar-refractivity contribution is 5.82. The molecule has 0 aliphatic heterocycles. The predicted octanol–water partition coefficient (Wildman–Crippen LogP) is 5.54. The molecule has 0 saturated carbocycles. The third-order valence-electron chi connectivity index (χ3n) is 5.32. The minimum absolute atomic E-state index is 0.223. The van der Waals surface area contributed by atoms with Crippen LogP contribution in [0.15, 0.2) is 0 Å². The highest BCUT2D eigenvalue weighted by Gasteiger charge is 2.58. The van der Waals surface area contributed by atoms with Gasteiger partial charge in [0.15, 0.2) is 12.7 Å². The van der Waals surface area contributed by atoms with Gasteiger partial charge in [0, 0.05) is 0 Å². The first kappa shape index (κ1) is 26.6. The Morgan fingerprint density at radius 3 is 1.75 bits per heavy atom. The summed E-state index contributed by atoms with van der Waals surface area (Å²) in [4.78, 5) is 24.6. The zero-order valence-electron chi connectivity index (χ0n) is 17.7. The summed E-state index contributed by atoms with van der Waals surface area (Å²) < 4.78 is 71.3. The van der Waals surface area contributed by atoms with E-state index < -0.39 is 47.6 Å². The molecule has 0 fully saturated rings. The van der Waals surface area contributed by atoms with Gasteiger partial charge < -0.3 is 9.47 Å². The minimum Gasteiger partial charge on any atom is -0.456 e. The van der Waals surface area contributed by atoms with E-state index in [0.29, 0.717) is 6.42 Å². The minimum atomic E-state index is -5.84. The molecule has 0 spiro atoms. The van der Waals surface area contributed by atoms with E-state index in [1.54, 1.807) is 6.92 Å². The van der Waals surface area contributed by atoms with Crippen molar-refractivity contribution < 1.29 is 41.0 Å². The zero-order valence-corrected chi connectivity index (χ0v) is 17.7. The van der Waals surface area contributed by atoms with Gasteiger partial charge in [-0.3, -0.25) is 4.79 Å². The van der Waals surface area contributed by atoms with Crippen LogP contribution in [0.3, 0.4) is 0 Å². The summed E-state index contributed by atoms with van der Waals surface area (Å²) in [5.41, 5.74) is -1.82. The van der Waals surface area contributed by atoms with Crippen LogP contribution in [0.4, 0.5) is 22.0 Å². The second kappa shape index (κ2) is 8.53. The summed E-state index contributed by atoms with van der Waals surface area (Å²) in [6, 6.07) is 0. The Kier molecular flexibility index (Phi) is 8.10. The maximum atomic E-state index is 12.9. The molecule has 0 aromatic carbocycles. The lowest BCUT2D eigenvalue weighted by atomic mass is 9.60. The van der Waals surface area contributed by atoms with Crippen LogP contribution in [0.5, 0.6) is 0 Å². The van der Waals surface area contributed by atoms with Crippen molar-refractivity contribution in [3.05, 3.63) is 0 Å². The maximum absolute atomic E-state index is 12.9. The average molecular weight is 418 g/mol. The quantitative estimate of drug-likeness (QED) is 0.384. The fourth-order valence-corrected chi connectivity index (χ4v) is 2.43. The molecule has 9 heteroatoms. The molecule has 2 unspecified atom stereocenters. The largest absolute Gasteiger partial charge is 0.456 e. The highest BCUT2D eigenvalue weighted by Crippen LogP contribution is 2.48. The summed E-state index contributed by atoms with van der Waals surface area (Å²) in [6.45, 7) is 12.0. The molecule has 0 radical (unpaired) electrons. The van der Waals surface area contributed by atoms with Crippen molar-refractivity contribution in [3.63, 3.8) is 0 Å². The molecule has 0 bridgehead atoms. The van der Waals surface area contributed by atoms with Gasteiger partial charge in [0.05, 0.1) is 5.41 Å². The molecule has 0 aromatic heterocycles. The number of carbonyl (C=O) groups is 2. The molecule has 0 aromatic rings. The number of esters is 2. The first-order valence-electron chi connectivity index (χ1n) is 9.02. The van der Waals surface area contributed by atoms with E-state index in [0.717, 1.165) is 13.3 Å². The number of halogens is 5. The lowest BCUT2D eigenvalue weighted by molar-refractivity contribution is -0.294. The Morgan fingerprint density at radius 2 is 1.39 bits per heavy atom. The Morgan fingerprint density at radius 1 is 0.929 bits per heavy atom. The molecule has 0 aliphatic rings. The molecule has 0 rings (SSSR count). The lowest BCUT2D eigenvalue weighted by Gasteiger charge is -2.44. The molecule has 0 saturated heterocycles. The van der Waals surface area contributed by atoms with Crippen LogP contribution in [-0.4, -0.2) is 36.7 Å². The first-order chi connectivity index (χ1) is 12.2. The normalized spacial score (nSPS) is 16.9. The van der Waals surface area contributed by atoms with E-state index in [9.17, 15) is 31.5 Å². The molecular weight excluding hydrogens is 387 g/mol. The van der Waals surface area contributed by atoms with Gasteiger partial charge in [-0.25, -0.2) is 4.79 Å². The van der Waals surface area contributed by atoms with Crippen LogP contribution < -0.4 is 0 Å². The smallest absolute Gasteiger partial charge is 0.456 e. The number of ether oxygens (including phenoxy) is 2. The van der Waals surface area contributed by atoms with E-state index in [4.69, 9.17) is 4.74 Å². The van der Waals surface area contributed by atoms with Gasteiger partial charge in [-0.15, -0.1) is 0 Å². The zero-order chi connectivity index (χ0) is 22.8. The van der Waals surface area contributed by atoms with Gasteiger partial charge in [-0.05, 0) is 31.1 Å². The molecule has 0 heterocycles. The number of carbonyl (C=O) groups excluding carboxylic acids is 2. The van der Waals surface area contributed by atoms with Crippen LogP contribution >= 0.6 is 0 Å². The van der Waals surface area contributed by atoms with Gasteiger partial charge >= 0.3 is 24.0 Å². The van der Waals surface area contributed by atoms with E-state index in [1.165, 1.54) is 0 Å². The third kappa shape index (κ3) is 6.58. The fourth-order valence-electron chi connectivity index (χ4n) is 2.43. The van der Waals surface area contributed by atoms with Gasteiger partial charge in [-0.2, -0.15) is 22.0 Å². The van der Waals surface area contributed by atoms with Crippen LogP contribution in [0.1, 0.15) is 68.2 Å². The summed E-state index contributed by atoms with van der Waals surface area (Å²) in [7, 11) is 0. The van der Waals surface area contributed by atoms with E-state index in [-0.39, 0.29) is 5.41 Å². The molecule has 2 atom stereocenters. The molecule has 28 heavy (non-hydrogen) atoms. The second-order valence-corrected chi connectivity index (χ2v) is 9.13. The maximum Gasteiger partial charge on any atom is 0.456 e. The first-order valence-corrected chi connectivity index (χ1v) is 9.02. The fraction of sp³-hybridized carbons (Fsp3) is 0.895. The van der Waals surface area contributed by atoms with Crippen molar-refractivity contribution in [1.82, 2.24) is 0 Å². The summed E-state index contributed by atoms with van der Waals surface area (Å²) in [6.07, 6.45) is -6.27. The van der Waals surface area contributed by atoms with E-state index in [1.807, 2.05) is 41.5 Å². The third-order valence-corrected chi connectivity index (χ3v) is 5.32. The molecule has 0 amide bonds. The number of alkyl halides is 5. The molecular formula is C19H31F5O4. The molecule has 166 valence electrons. The summed E-state index contributed by atoms with van der Waals surface area (Å²) in [5.74, 6) is -7.39. The predicted molar refractivity (Wildman–Crippen MR) is 93.8 cm³/mol. The SMILES string of the molecule is CCC(C)(C)CC(C)(C(=O)OC(C)C(=O)OCC(F)(F)C(F)(F)F)C(C)(C)C. The summed E-state index contributed by atoms with van der Waals surface area (Å²) in [5, 5.41) is 0. The Labute approximate surface area is 163 Å². The summed E-state index contributed by atoms with van der Waals surface area (Å²) >= 11 is 0. The van der Waals surface area contributed by atoms with Crippen molar-refractivity contribution in [2.75, 3.05) is 6.61 Å². The second-order valence-electron chi connectivity index (χ2n) is 9.13. The van der Waals surface area contributed by atoms with Crippen LogP contribution in [0.25, 0.3) is 0 Å². The Bertz CT molecular complexity index is 564. The van der Waals surface area contributed by atoms with Gasteiger partial charge in [-0.1, -0.05) is 48.0 Å². The van der Waals surface area contributed by atoms with Crippen molar-refractivity contribution in [1.29, 1.82) is 0 Å². The van der Waals surface area contributed by atoms with Crippen LogP contribution in [0.2, 0.25) is 0 Å². The lowest BCUT2D eigenvalue weighted by Crippen LogP contribution is -2.47. The van der Waals surface area contributed by atoms with E-state index in [2.05, 4.69) is 4.74 Å². The van der Waals surface area contributed by atoms with Crippen molar-refractivity contribution in [2.45, 2.75) is 86.4 Å². The van der Waals surface area contributed by atoms with Gasteiger partial charge in [0.25, 0.3) is 0 Å². The van der Waals surface area contributed by atoms with Crippen LogP contribution in [-0.2, 0) is 19.1 Å². The highest BCUT2D eigenvalue weighted by atomic mass is 19.4. The molecule has 0 N–H and O–H groups in total.